The van der Waals surface area contributed by atoms with E-state index in [0.717, 1.165) is 10.4 Å². The maximum atomic E-state index is 11.8. The Hall–Kier alpha value is -0.580. The Balaban J connectivity index is 2.58. The molecule has 1 unspecified atom stereocenters. The predicted octanol–water partition coefficient (Wildman–Crippen LogP) is 2.04. The van der Waals surface area contributed by atoms with E-state index in [1.807, 2.05) is 18.4 Å². The molecule has 0 saturated carbocycles. The third-order valence-electron chi connectivity index (χ3n) is 1.96. The largest absolute Gasteiger partial charge is 0.383 e. The molecular formula is C10H14ClNO2S. The number of ether oxygens (including phenoxy) is 1. The molecule has 1 atom stereocenters. The first-order chi connectivity index (χ1) is 7.19. The number of carbonyl (C=O) groups excluding carboxylic acids is 1. The van der Waals surface area contributed by atoms with Gasteiger partial charge < -0.3 is 10.1 Å². The molecule has 0 aliphatic heterocycles. The van der Waals surface area contributed by atoms with E-state index in [9.17, 15) is 4.79 Å². The second-order valence-corrected chi connectivity index (χ2v) is 4.44. The molecule has 0 aliphatic carbocycles. The summed E-state index contributed by atoms with van der Waals surface area (Å²) in [6.45, 7) is 2.34. The zero-order valence-electron chi connectivity index (χ0n) is 8.75. The number of halogens is 1. The van der Waals surface area contributed by atoms with Crippen LogP contribution in [0.1, 0.15) is 15.2 Å². The van der Waals surface area contributed by atoms with Crippen LogP contribution in [0.25, 0.3) is 0 Å². The second-order valence-electron chi connectivity index (χ2n) is 3.21. The lowest BCUT2D eigenvalue weighted by atomic mass is 10.2. The van der Waals surface area contributed by atoms with E-state index in [0.29, 0.717) is 12.5 Å². The van der Waals surface area contributed by atoms with Gasteiger partial charge in [0, 0.05) is 13.0 Å². The topological polar surface area (TPSA) is 38.3 Å². The minimum absolute atomic E-state index is 0.0785. The van der Waals surface area contributed by atoms with E-state index in [1.54, 1.807) is 7.11 Å². The van der Waals surface area contributed by atoms with Crippen LogP contribution in [0.4, 0.5) is 0 Å². The Bertz CT molecular complexity index is 327. The number of aryl methyl sites for hydroxylation is 1. The van der Waals surface area contributed by atoms with Crippen molar-refractivity contribution in [1.29, 1.82) is 0 Å². The second kappa shape index (κ2) is 6.10. The lowest BCUT2D eigenvalue weighted by molar-refractivity contribution is 0.0910. The molecule has 1 amide bonds. The zero-order valence-corrected chi connectivity index (χ0v) is 10.3. The molecule has 3 nitrogen and oxygen atoms in total. The van der Waals surface area contributed by atoms with Crippen molar-refractivity contribution in [3.63, 3.8) is 0 Å². The Labute approximate surface area is 98.4 Å². The fourth-order valence-corrected chi connectivity index (χ4v) is 2.18. The maximum absolute atomic E-state index is 11.8. The van der Waals surface area contributed by atoms with Crippen molar-refractivity contribution in [2.24, 2.45) is 0 Å². The highest BCUT2D eigenvalue weighted by atomic mass is 35.5. The first kappa shape index (κ1) is 12.5. The van der Waals surface area contributed by atoms with E-state index in [2.05, 4.69) is 5.32 Å². The number of thiophene rings is 1. The van der Waals surface area contributed by atoms with Crippen molar-refractivity contribution >= 4 is 28.8 Å². The average molecular weight is 248 g/mol. The van der Waals surface area contributed by atoms with Crippen molar-refractivity contribution in [3.8, 4) is 0 Å². The number of alkyl halides is 1. The third-order valence-corrected chi connectivity index (χ3v) is 3.35. The van der Waals surface area contributed by atoms with Gasteiger partial charge in [-0.3, -0.25) is 4.79 Å². The molecular weight excluding hydrogens is 234 g/mol. The first-order valence-electron chi connectivity index (χ1n) is 4.59. The molecule has 0 fully saturated rings. The summed E-state index contributed by atoms with van der Waals surface area (Å²) in [6, 6.07) is 1.79. The van der Waals surface area contributed by atoms with E-state index in [-0.39, 0.29) is 11.9 Å². The highest BCUT2D eigenvalue weighted by Gasteiger charge is 2.15. The lowest BCUT2D eigenvalue weighted by Crippen LogP contribution is -2.39. The van der Waals surface area contributed by atoms with Crippen molar-refractivity contribution in [2.45, 2.75) is 13.0 Å². The van der Waals surface area contributed by atoms with Crippen LogP contribution in [0.2, 0.25) is 0 Å². The molecule has 1 N–H and O–H groups in total. The molecule has 5 heteroatoms. The van der Waals surface area contributed by atoms with Crippen LogP contribution in [0, 0.1) is 6.92 Å². The molecule has 15 heavy (non-hydrogen) atoms. The normalized spacial score (nSPS) is 12.5. The van der Waals surface area contributed by atoms with Gasteiger partial charge in [0.05, 0.1) is 17.5 Å². The summed E-state index contributed by atoms with van der Waals surface area (Å²) in [4.78, 5) is 12.5. The molecule has 1 heterocycles. The number of carbonyl (C=O) groups is 1. The number of nitrogens with one attached hydrogen (secondary N) is 1. The van der Waals surface area contributed by atoms with Crippen molar-refractivity contribution in [1.82, 2.24) is 5.32 Å². The molecule has 84 valence electrons. The Morgan fingerprint density at radius 1 is 1.73 bits per heavy atom. The summed E-state index contributed by atoms with van der Waals surface area (Å²) in [5, 5.41) is 4.72. The minimum atomic E-state index is -0.134. The molecule has 0 aliphatic rings. The molecule has 0 bridgehead atoms. The summed E-state index contributed by atoms with van der Waals surface area (Å²) in [5.41, 5.74) is 0.989. The third kappa shape index (κ3) is 3.48. The molecule has 1 rings (SSSR count). The zero-order chi connectivity index (χ0) is 11.3. The van der Waals surface area contributed by atoms with Crippen LogP contribution in [-0.4, -0.2) is 31.5 Å². The van der Waals surface area contributed by atoms with Gasteiger partial charge in [-0.1, -0.05) is 0 Å². The minimum Gasteiger partial charge on any atom is -0.383 e. The highest BCUT2D eigenvalue weighted by Crippen LogP contribution is 2.15. The van der Waals surface area contributed by atoms with Gasteiger partial charge in [-0.25, -0.2) is 0 Å². The number of rotatable bonds is 5. The Morgan fingerprint density at radius 3 is 2.93 bits per heavy atom. The average Bonchev–Trinajstić information content (AvgIpc) is 2.63. The van der Waals surface area contributed by atoms with Crippen LogP contribution in [-0.2, 0) is 4.74 Å². The van der Waals surface area contributed by atoms with Crippen LogP contribution in [0.3, 0.4) is 0 Å². The Morgan fingerprint density at radius 2 is 2.47 bits per heavy atom. The molecule has 0 spiro atoms. The molecule has 0 radical (unpaired) electrons. The summed E-state index contributed by atoms with van der Waals surface area (Å²) in [5.74, 6) is 0.273. The maximum Gasteiger partial charge on any atom is 0.261 e. The summed E-state index contributed by atoms with van der Waals surface area (Å²) in [7, 11) is 1.59. The lowest BCUT2D eigenvalue weighted by Gasteiger charge is -2.14. The molecule has 0 saturated heterocycles. The van der Waals surface area contributed by atoms with Gasteiger partial charge in [0.15, 0.2) is 0 Å². The number of hydrogen-bond donors (Lipinski definition) is 1. The quantitative estimate of drug-likeness (QED) is 0.809. The van der Waals surface area contributed by atoms with Crippen LogP contribution >= 0.6 is 22.9 Å². The highest BCUT2D eigenvalue weighted by molar-refractivity contribution is 7.12. The fourth-order valence-electron chi connectivity index (χ4n) is 1.18. The number of amides is 1. The van der Waals surface area contributed by atoms with Gasteiger partial charge in [0.1, 0.15) is 0 Å². The van der Waals surface area contributed by atoms with Gasteiger partial charge in [0.2, 0.25) is 0 Å². The van der Waals surface area contributed by atoms with Crippen LogP contribution < -0.4 is 5.32 Å². The smallest absolute Gasteiger partial charge is 0.261 e. The SMILES string of the molecule is COCC(CCl)NC(=O)c1sccc1C. The molecule has 1 aromatic heterocycles. The van der Waals surface area contributed by atoms with Crippen LogP contribution in [0.5, 0.6) is 0 Å². The van der Waals surface area contributed by atoms with Gasteiger partial charge >= 0.3 is 0 Å². The van der Waals surface area contributed by atoms with Crippen molar-refractivity contribution < 1.29 is 9.53 Å². The first-order valence-corrected chi connectivity index (χ1v) is 6.00. The molecule has 0 aromatic carbocycles. The van der Waals surface area contributed by atoms with Crippen molar-refractivity contribution in [2.75, 3.05) is 19.6 Å². The van der Waals surface area contributed by atoms with E-state index in [1.165, 1.54) is 11.3 Å². The summed E-state index contributed by atoms with van der Waals surface area (Å²) < 4.78 is 4.95. The van der Waals surface area contributed by atoms with Gasteiger partial charge in [-0.2, -0.15) is 0 Å². The standard InChI is InChI=1S/C10H14ClNO2S/c1-7-3-4-15-9(7)10(13)12-8(5-11)6-14-2/h3-4,8H,5-6H2,1-2H3,(H,12,13). The number of methoxy groups -OCH3 is 1. The van der Waals surface area contributed by atoms with E-state index >= 15 is 0 Å². The van der Waals surface area contributed by atoms with E-state index < -0.39 is 0 Å². The summed E-state index contributed by atoms with van der Waals surface area (Å²) >= 11 is 7.13. The van der Waals surface area contributed by atoms with Gasteiger partial charge in [-0.05, 0) is 23.9 Å². The monoisotopic (exact) mass is 247 g/mol. The summed E-state index contributed by atoms with van der Waals surface area (Å²) in [6.07, 6.45) is 0. The van der Waals surface area contributed by atoms with E-state index in [4.69, 9.17) is 16.3 Å². The van der Waals surface area contributed by atoms with Crippen molar-refractivity contribution in [3.05, 3.63) is 21.9 Å². The molecule has 1 aromatic rings. The number of hydrogen-bond acceptors (Lipinski definition) is 3. The van der Waals surface area contributed by atoms with Crippen LogP contribution in [0.15, 0.2) is 11.4 Å². The predicted molar refractivity (Wildman–Crippen MR) is 62.9 cm³/mol. The van der Waals surface area contributed by atoms with Gasteiger partial charge in [0.25, 0.3) is 5.91 Å². The van der Waals surface area contributed by atoms with Gasteiger partial charge in [-0.15, -0.1) is 22.9 Å². The fraction of sp³-hybridized carbons (Fsp3) is 0.500. The Kier molecular flexibility index (Phi) is 5.08.